The summed E-state index contributed by atoms with van der Waals surface area (Å²) < 4.78 is 16.7. The van der Waals surface area contributed by atoms with Crippen LogP contribution in [0.15, 0.2) is 77.8 Å². The number of hydrogen-bond donors (Lipinski definition) is 2. The second-order valence-electron chi connectivity index (χ2n) is 7.61. The standard InChI is InChI=1S/C27H24N4O4S2/c1-33-12-13-34-26-16-24-23(14-18(26)17-28)25(10-11-29-24)35-21-8-6-19(7-9-21)30-27(32)31-20-4-3-5-22(15-20)37-36-2/h3-11,14-16H,12-13H2,1-2H3,(H2,30,31,32). The van der Waals surface area contributed by atoms with E-state index in [9.17, 15) is 10.1 Å². The Hall–Kier alpha value is -3.91. The fourth-order valence-corrected chi connectivity index (χ4v) is 4.82. The molecule has 3 aromatic carbocycles. The Labute approximate surface area is 222 Å². The minimum Gasteiger partial charge on any atom is -0.490 e. The highest BCUT2D eigenvalue weighted by Crippen LogP contribution is 2.33. The highest BCUT2D eigenvalue weighted by atomic mass is 33.1. The summed E-state index contributed by atoms with van der Waals surface area (Å²) in [4.78, 5) is 17.9. The van der Waals surface area contributed by atoms with Gasteiger partial charge in [0, 0.05) is 41.0 Å². The summed E-state index contributed by atoms with van der Waals surface area (Å²) in [7, 11) is 4.86. The average Bonchev–Trinajstić information content (AvgIpc) is 2.90. The summed E-state index contributed by atoms with van der Waals surface area (Å²) in [6.07, 6.45) is 3.64. The molecule has 0 saturated heterocycles. The van der Waals surface area contributed by atoms with Crippen molar-refractivity contribution in [3.63, 3.8) is 0 Å². The lowest BCUT2D eigenvalue weighted by atomic mass is 10.1. The Balaban J connectivity index is 1.44. The molecule has 0 aliphatic heterocycles. The van der Waals surface area contributed by atoms with Crippen LogP contribution in [0.3, 0.4) is 0 Å². The molecular formula is C27H24N4O4S2. The van der Waals surface area contributed by atoms with E-state index in [1.54, 1.807) is 77.4 Å². The number of carbonyl (C=O) groups is 1. The summed E-state index contributed by atoms with van der Waals surface area (Å²) in [5, 5.41) is 15.9. The number of pyridine rings is 1. The largest absolute Gasteiger partial charge is 0.490 e. The van der Waals surface area contributed by atoms with Crippen LogP contribution in [0.1, 0.15) is 5.56 Å². The van der Waals surface area contributed by atoms with Gasteiger partial charge in [-0.2, -0.15) is 5.26 Å². The van der Waals surface area contributed by atoms with Crippen LogP contribution in [0.2, 0.25) is 0 Å². The first-order valence-corrected chi connectivity index (χ1v) is 13.8. The quantitative estimate of drug-likeness (QED) is 0.167. The molecule has 10 heteroatoms. The third-order valence-electron chi connectivity index (χ3n) is 5.08. The molecule has 0 saturated carbocycles. The van der Waals surface area contributed by atoms with E-state index in [1.165, 1.54) is 0 Å². The molecule has 1 heterocycles. The van der Waals surface area contributed by atoms with Crippen molar-refractivity contribution in [2.45, 2.75) is 4.90 Å². The van der Waals surface area contributed by atoms with Gasteiger partial charge in [-0.3, -0.25) is 4.98 Å². The van der Waals surface area contributed by atoms with E-state index in [0.717, 1.165) is 4.90 Å². The lowest BCUT2D eigenvalue weighted by molar-refractivity contribution is 0.146. The van der Waals surface area contributed by atoms with Crippen LogP contribution >= 0.6 is 21.6 Å². The number of nitrogens with zero attached hydrogens (tertiary/aromatic N) is 2. The van der Waals surface area contributed by atoms with Gasteiger partial charge in [-0.15, -0.1) is 0 Å². The van der Waals surface area contributed by atoms with Gasteiger partial charge in [-0.1, -0.05) is 27.7 Å². The molecule has 0 unspecified atom stereocenters. The van der Waals surface area contributed by atoms with E-state index >= 15 is 0 Å². The van der Waals surface area contributed by atoms with E-state index < -0.39 is 0 Å². The van der Waals surface area contributed by atoms with Gasteiger partial charge in [0.05, 0.1) is 17.7 Å². The number of benzene rings is 3. The number of aromatic nitrogens is 1. The van der Waals surface area contributed by atoms with Crippen LogP contribution in [0, 0.1) is 11.3 Å². The van der Waals surface area contributed by atoms with Gasteiger partial charge in [-0.05, 0) is 60.9 Å². The molecule has 2 amide bonds. The first-order valence-electron chi connectivity index (χ1n) is 11.2. The molecule has 188 valence electrons. The van der Waals surface area contributed by atoms with Crippen LogP contribution < -0.4 is 20.1 Å². The Morgan fingerprint density at radius 3 is 2.57 bits per heavy atom. The number of amides is 2. The highest BCUT2D eigenvalue weighted by molar-refractivity contribution is 8.76. The number of nitriles is 1. The third-order valence-corrected chi connectivity index (χ3v) is 6.77. The number of methoxy groups -OCH3 is 1. The molecule has 8 nitrogen and oxygen atoms in total. The summed E-state index contributed by atoms with van der Waals surface area (Å²) in [6, 6.07) is 21.6. The molecule has 0 radical (unpaired) electrons. The predicted octanol–water partition coefficient (Wildman–Crippen LogP) is 6.94. The summed E-state index contributed by atoms with van der Waals surface area (Å²) in [5.41, 5.74) is 2.34. The van der Waals surface area contributed by atoms with Gasteiger partial charge in [-0.25, -0.2) is 4.79 Å². The van der Waals surface area contributed by atoms with Gasteiger partial charge < -0.3 is 24.8 Å². The van der Waals surface area contributed by atoms with Crippen molar-refractivity contribution in [3.8, 4) is 23.3 Å². The van der Waals surface area contributed by atoms with Crippen molar-refractivity contribution in [1.82, 2.24) is 4.98 Å². The minimum absolute atomic E-state index is 0.328. The molecule has 4 aromatic rings. The van der Waals surface area contributed by atoms with Crippen molar-refractivity contribution >= 4 is 49.9 Å². The zero-order valence-corrected chi connectivity index (χ0v) is 21.8. The van der Waals surface area contributed by atoms with Crippen LogP contribution in [0.5, 0.6) is 17.2 Å². The molecule has 0 aliphatic rings. The Bertz CT molecular complexity index is 1420. The fraction of sp³-hybridized carbons (Fsp3) is 0.148. The van der Waals surface area contributed by atoms with Gasteiger partial charge >= 0.3 is 6.03 Å². The third kappa shape index (κ3) is 7.07. The Kier molecular flexibility index (Phi) is 9.10. The molecule has 2 N–H and O–H groups in total. The summed E-state index contributed by atoms with van der Waals surface area (Å²) >= 11 is 0. The monoisotopic (exact) mass is 532 g/mol. The zero-order valence-electron chi connectivity index (χ0n) is 20.2. The number of urea groups is 1. The van der Waals surface area contributed by atoms with Crippen molar-refractivity contribution in [2.75, 3.05) is 37.2 Å². The topological polar surface area (TPSA) is 106 Å². The Morgan fingerprint density at radius 2 is 1.81 bits per heavy atom. The lowest BCUT2D eigenvalue weighted by Crippen LogP contribution is -2.19. The maximum Gasteiger partial charge on any atom is 0.323 e. The van der Waals surface area contributed by atoms with E-state index in [0.29, 0.717) is 58.3 Å². The van der Waals surface area contributed by atoms with E-state index in [2.05, 4.69) is 21.7 Å². The van der Waals surface area contributed by atoms with E-state index in [4.69, 9.17) is 14.2 Å². The van der Waals surface area contributed by atoms with Crippen molar-refractivity contribution < 1.29 is 19.0 Å². The second-order valence-corrected chi connectivity index (χ2v) is 10.1. The van der Waals surface area contributed by atoms with Crippen molar-refractivity contribution in [2.24, 2.45) is 0 Å². The smallest absolute Gasteiger partial charge is 0.323 e. The molecule has 0 aliphatic carbocycles. The fourth-order valence-electron chi connectivity index (χ4n) is 3.43. The number of anilines is 2. The minimum atomic E-state index is -0.340. The highest BCUT2D eigenvalue weighted by Gasteiger charge is 2.12. The van der Waals surface area contributed by atoms with Gasteiger partial charge in [0.1, 0.15) is 29.9 Å². The number of carbonyl (C=O) groups excluding carboxylic acids is 1. The molecule has 0 bridgehead atoms. The van der Waals surface area contributed by atoms with Crippen molar-refractivity contribution in [1.29, 1.82) is 5.26 Å². The number of fused-ring (bicyclic) bond motifs is 1. The number of nitrogens with one attached hydrogen (secondary N) is 2. The zero-order chi connectivity index (χ0) is 26.0. The Morgan fingerprint density at radius 1 is 1.00 bits per heavy atom. The van der Waals surface area contributed by atoms with Gasteiger partial charge in [0.15, 0.2) is 0 Å². The first kappa shape index (κ1) is 26.2. The van der Waals surface area contributed by atoms with Crippen LogP contribution in [0.25, 0.3) is 10.9 Å². The lowest BCUT2D eigenvalue weighted by Gasteiger charge is -2.12. The van der Waals surface area contributed by atoms with Crippen LogP contribution in [0.4, 0.5) is 16.2 Å². The average molecular weight is 533 g/mol. The molecule has 0 atom stereocenters. The van der Waals surface area contributed by atoms with Crippen molar-refractivity contribution in [3.05, 3.63) is 78.5 Å². The number of rotatable bonds is 10. The van der Waals surface area contributed by atoms with Crippen LogP contribution in [-0.4, -0.2) is 37.6 Å². The van der Waals surface area contributed by atoms with Gasteiger partial charge in [0.25, 0.3) is 0 Å². The molecule has 0 spiro atoms. The summed E-state index contributed by atoms with van der Waals surface area (Å²) in [5.74, 6) is 1.56. The normalized spacial score (nSPS) is 10.5. The SMILES string of the molecule is COCCOc1cc2nccc(Oc3ccc(NC(=O)Nc4cccc(SSC)c4)cc3)c2cc1C#N. The van der Waals surface area contributed by atoms with Gasteiger partial charge in [0.2, 0.25) is 0 Å². The predicted molar refractivity (Wildman–Crippen MR) is 149 cm³/mol. The van der Waals surface area contributed by atoms with Crippen LogP contribution in [-0.2, 0) is 4.74 Å². The van der Waals surface area contributed by atoms with E-state index in [-0.39, 0.29) is 6.03 Å². The molecule has 1 aromatic heterocycles. The first-order chi connectivity index (χ1) is 18.1. The maximum atomic E-state index is 12.4. The molecular weight excluding hydrogens is 508 g/mol. The number of hydrogen-bond acceptors (Lipinski definition) is 8. The van der Waals surface area contributed by atoms with E-state index in [1.807, 2.05) is 30.5 Å². The molecule has 4 rings (SSSR count). The molecule has 37 heavy (non-hydrogen) atoms. The maximum absolute atomic E-state index is 12.4. The second kappa shape index (κ2) is 12.9. The summed E-state index contributed by atoms with van der Waals surface area (Å²) in [6.45, 7) is 0.741. The number of ether oxygens (including phenoxy) is 3. The molecule has 0 fully saturated rings.